The molecule has 0 saturated carbocycles. The number of rotatable bonds is 18. The smallest absolute Gasteiger partial charge is 0.102 e. The van der Waals surface area contributed by atoms with Crippen LogP contribution in [0, 0.1) is 0 Å². The lowest BCUT2D eigenvalue weighted by atomic mass is 10.0. The maximum Gasteiger partial charge on any atom is 0.102 e. The van der Waals surface area contributed by atoms with Gasteiger partial charge in [0.25, 0.3) is 0 Å². The van der Waals surface area contributed by atoms with Crippen molar-refractivity contribution in [2.24, 2.45) is 0 Å². The predicted molar refractivity (Wildman–Crippen MR) is 134 cm³/mol. The van der Waals surface area contributed by atoms with Gasteiger partial charge in [-0.3, -0.25) is 0 Å². The highest BCUT2D eigenvalue weighted by atomic mass is 15.4. The van der Waals surface area contributed by atoms with E-state index in [9.17, 15) is 0 Å². The number of para-hydroxylation sites is 1. The molecule has 30 heavy (non-hydrogen) atoms. The van der Waals surface area contributed by atoms with E-state index in [0.29, 0.717) is 6.17 Å². The molecule has 1 heterocycles. The largest absolute Gasteiger partial charge is 0.356 e. The summed E-state index contributed by atoms with van der Waals surface area (Å²) in [6, 6.07) is 10.7. The zero-order valence-corrected chi connectivity index (χ0v) is 20.0. The number of unbranched alkanes of at least 4 members (excludes halogenated alkanes) is 15. The van der Waals surface area contributed by atoms with Crippen LogP contribution in [0.15, 0.2) is 42.7 Å². The molecule has 1 atom stereocenters. The Kier molecular flexibility index (Phi) is 13.5. The first kappa shape index (κ1) is 24.8. The summed E-state index contributed by atoms with van der Waals surface area (Å²) in [4.78, 5) is 4.85. The summed E-state index contributed by atoms with van der Waals surface area (Å²) < 4.78 is 0. The number of nitrogens with zero attached hydrogens (tertiary/aromatic N) is 2. The van der Waals surface area contributed by atoms with Crippen LogP contribution < -0.4 is 4.90 Å². The molecule has 0 aromatic heterocycles. The molecule has 2 rings (SSSR count). The van der Waals surface area contributed by atoms with Crippen LogP contribution in [0.1, 0.15) is 117 Å². The van der Waals surface area contributed by atoms with Gasteiger partial charge in [0.15, 0.2) is 0 Å². The Morgan fingerprint density at radius 2 is 1.07 bits per heavy atom. The second-order valence-electron chi connectivity index (χ2n) is 9.21. The first-order chi connectivity index (χ1) is 14.8. The summed E-state index contributed by atoms with van der Waals surface area (Å²) >= 11 is 0. The van der Waals surface area contributed by atoms with Gasteiger partial charge >= 0.3 is 0 Å². The fourth-order valence-corrected chi connectivity index (χ4v) is 4.57. The van der Waals surface area contributed by atoms with E-state index in [-0.39, 0.29) is 0 Å². The highest BCUT2D eigenvalue weighted by Gasteiger charge is 2.22. The van der Waals surface area contributed by atoms with E-state index in [0.717, 1.165) is 0 Å². The maximum absolute atomic E-state index is 2.48. The fraction of sp³-hybridized carbons (Fsp3) is 0.714. The van der Waals surface area contributed by atoms with Gasteiger partial charge < -0.3 is 9.80 Å². The van der Waals surface area contributed by atoms with Crippen molar-refractivity contribution in [3.05, 3.63) is 42.7 Å². The highest BCUT2D eigenvalue weighted by Crippen LogP contribution is 2.24. The number of hydrogen-bond acceptors (Lipinski definition) is 2. The molecule has 0 radical (unpaired) electrons. The molecule has 1 aliphatic rings. The third-order valence-electron chi connectivity index (χ3n) is 6.63. The summed E-state index contributed by atoms with van der Waals surface area (Å²) in [5, 5.41) is 0. The molecule has 0 bridgehead atoms. The normalized spacial score (nSPS) is 16.0. The summed E-state index contributed by atoms with van der Waals surface area (Å²) in [5.74, 6) is 0. The van der Waals surface area contributed by atoms with E-state index in [2.05, 4.69) is 66.4 Å². The van der Waals surface area contributed by atoms with Crippen LogP contribution in [0.25, 0.3) is 0 Å². The number of hydrogen-bond donors (Lipinski definition) is 0. The van der Waals surface area contributed by atoms with Crippen molar-refractivity contribution in [2.45, 2.75) is 123 Å². The van der Waals surface area contributed by atoms with Gasteiger partial charge in [-0.15, -0.1) is 0 Å². The quantitative estimate of drug-likeness (QED) is 0.222. The van der Waals surface area contributed by atoms with Crippen LogP contribution in [0.4, 0.5) is 5.69 Å². The average molecular weight is 413 g/mol. The standard InChI is InChI=1S/C28H48N2/c1-3-4-5-6-7-8-9-10-11-12-13-14-15-16-17-21-24-29-25-26-30(27(29)2)28-22-19-18-20-23-28/h18-20,22-23,25-27H,3-17,21,24H2,1-2H3. The van der Waals surface area contributed by atoms with Crippen LogP contribution in [-0.4, -0.2) is 17.6 Å². The predicted octanol–water partition coefficient (Wildman–Crippen LogP) is 8.89. The van der Waals surface area contributed by atoms with Crippen molar-refractivity contribution in [1.29, 1.82) is 0 Å². The van der Waals surface area contributed by atoms with Gasteiger partial charge in [0.1, 0.15) is 6.17 Å². The summed E-state index contributed by atoms with van der Waals surface area (Å²) in [5.41, 5.74) is 1.29. The summed E-state index contributed by atoms with van der Waals surface area (Å²) in [6.07, 6.45) is 27.9. The monoisotopic (exact) mass is 412 g/mol. The van der Waals surface area contributed by atoms with Gasteiger partial charge in [-0.2, -0.15) is 0 Å². The lowest BCUT2D eigenvalue weighted by molar-refractivity contribution is 0.309. The third kappa shape index (κ3) is 10.0. The number of benzene rings is 1. The molecule has 0 aliphatic carbocycles. The Balaban J connectivity index is 1.35. The Hall–Kier alpha value is -1.44. The molecular weight excluding hydrogens is 364 g/mol. The maximum atomic E-state index is 2.48. The molecule has 1 unspecified atom stereocenters. The lowest BCUT2D eigenvalue weighted by Crippen LogP contribution is -2.36. The van der Waals surface area contributed by atoms with Crippen LogP contribution in [-0.2, 0) is 0 Å². The van der Waals surface area contributed by atoms with Gasteiger partial charge in [0.2, 0.25) is 0 Å². The Bertz CT molecular complexity index is 539. The third-order valence-corrected chi connectivity index (χ3v) is 6.63. The topological polar surface area (TPSA) is 6.48 Å². The molecule has 0 N–H and O–H groups in total. The van der Waals surface area contributed by atoms with Crippen LogP contribution in [0.3, 0.4) is 0 Å². The van der Waals surface area contributed by atoms with Gasteiger partial charge in [-0.1, -0.05) is 121 Å². The molecule has 0 amide bonds. The molecule has 2 nitrogen and oxygen atoms in total. The summed E-state index contributed by atoms with van der Waals surface area (Å²) in [7, 11) is 0. The fourth-order valence-electron chi connectivity index (χ4n) is 4.57. The average Bonchev–Trinajstić information content (AvgIpc) is 3.14. The molecular formula is C28H48N2. The number of anilines is 1. The Morgan fingerprint density at radius 1 is 0.600 bits per heavy atom. The molecule has 1 aromatic rings. The molecule has 170 valence electrons. The Labute approximate surface area is 187 Å². The minimum atomic E-state index is 0.434. The van der Waals surface area contributed by atoms with Gasteiger partial charge in [-0.25, -0.2) is 0 Å². The van der Waals surface area contributed by atoms with Crippen molar-refractivity contribution >= 4 is 5.69 Å². The molecule has 0 saturated heterocycles. The van der Waals surface area contributed by atoms with Crippen molar-refractivity contribution < 1.29 is 0 Å². The molecule has 1 aromatic carbocycles. The second kappa shape index (κ2) is 16.3. The van der Waals surface area contributed by atoms with Crippen LogP contribution in [0.5, 0.6) is 0 Å². The first-order valence-electron chi connectivity index (χ1n) is 13.1. The van der Waals surface area contributed by atoms with Gasteiger partial charge in [0.05, 0.1) is 0 Å². The van der Waals surface area contributed by atoms with Crippen molar-refractivity contribution in [3.63, 3.8) is 0 Å². The van der Waals surface area contributed by atoms with Crippen LogP contribution in [0.2, 0.25) is 0 Å². The van der Waals surface area contributed by atoms with E-state index >= 15 is 0 Å². The van der Waals surface area contributed by atoms with Crippen molar-refractivity contribution in [3.8, 4) is 0 Å². The van der Waals surface area contributed by atoms with Crippen LogP contribution >= 0.6 is 0 Å². The first-order valence-corrected chi connectivity index (χ1v) is 13.1. The SMILES string of the molecule is CCCCCCCCCCCCCCCCCCN1C=CN(c2ccccc2)C1C. The minimum absolute atomic E-state index is 0.434. The second-order valence-corrected chi connectivity index (χ2v) is 9.21. The zero-order chi connectivity index (χ0) is 21.3. The molecule has 0 spiro atoms. The van der Waals surface area contributed by atoms with Gasteiger partial charge in [0, 0.05) is 24.6 Å². The molecule has 0 fully saturated rings. The van der Waals surface area contributed by atoms with E-state index in [4.69, 9.17) is 0 Å². The molecule has 2 heteroatoms. The highest BCUT2D eigenvalue weighted by molar-refractivity contribution is 5.51. The van der Waals surface area contributed by atoms with E-state index < -0.39 is 0 Å². The Morgan fingerprint density at radius 3 is 1.57 bits per heavy atom. The lowest BCUT2D eigenvalue weighted by Gasteiger charge is -2.29. The van der Waals surface area contributed by atoms with Crippen molar-refractivity contribution in [2.75, 3.05) is 11.4 Å². The summed E-state index contributed by atoms with van der Waals surface area (Å²) in [6.45, 7) is 5.78. The van der Waals surface area contributed by atoms with E-state index in [1.807, 2.05) is 0 Å². The van der Waals surface area contributed by atoms with E-state index in [1.165, 1.54) is 115 Å². The van der Waals surface area contributed by atoms with Crippen molar-refractivity contribution in [1.82, 2.24) is 4.90 Å². The zero-order valence-electron chi connectivity index (χ0n) is 20.0. The van der Waals surface area contributed by atoms with E-state index in [1.54, 1.807) is 0 Å². The van der Waals surface area contributed by atoms with Gasteiger partial charge in [-0.05, 0) is 25.5 Å². The molecule has 1 aliphatic heterocycles. The minimum Gasteiger partial charge on any atom is -0.356 e.